The summed E-state index contributed by atoms with van der Waals surface area (Å²) in [6.07, 6.45) is 0. The van der Waals surface area contributed by atoms with Crippen LogP contribution in [0.2, 0.25) is 0 Å². The van der Waals surface area contributed by atoms with E-state index in [0.29, 0.717) is 28.4 Å². The second kappa shape index (κ2) is 7.50. The number of rotatable bonds is 4. The highest BCUT2D eigenvalue weighted by atomic mass is 32.2. The van der Waals surface area contributed by atoms with Crippen molar-refractivity contribution in [3.8, 4) is 11.4 Å². The summed E-state index contributed by atoms with van der Waals surface area (Å²) in [7, 11) is -3.83. The normalized spacial score (nSPS) is 12.3. The fourth-order valence-electron chi connectivity index (χ4n) is 3.47. The Balaban J connectivity index is 2.02. The van der Waals surface area contributed by atoms with E-state index >= 15 is 0 Å². The SMILES string of the molecule is Cc1ccc(S(=O)(=O)n2c(C)cc3c(NC(C)(C)C)nc(-c4ccccc4)nc32)cc1. The number of nitrogens with zero attached hydrogens (tertiary/aromatic N) is 3. The van der Waals surface area contributed by atoms with E-state index in [0.717, 1.165) is 11.1 Å². The predicted octanol–water partition coefficient (Wildman–Crippen LogP) is 5.16. The zero-order valence-corrected chi connectivity index (χ0v) is 19.2. The molecule has 0 aliphatic rings. The maximum absolute atomic E-state index is 13.6. The van der Waals surface area contributed by atoms with E-state index in [-0.39, 0.29) is 10.4 Å². The minimum Gasteiger partial charge on any atom is -0.365 e. The van der Waals surface area contributed by atoms with E-state index in [2.05, 4.69) is 5.32 Å². The van der Waals surface area contributed by atoms with E-state index in [4.69, 9.17) is 9.97 Å². The van der Waals surface area contributed by atoms with Crippen LogP contribution >= 0.6 is 0 Å². The molecule has 7 heteroatoms. The lowest BCUT2D eigenvalue weighted by molar-refractivity contribution is 0.587. The molecule has 2 aromatic carbocycles. The van der Waals surface area contributed by atoms with Crippen molar-refractivity contribution in [2.75, 3.05) is 5.32 Å². The molecule has 0 saturated heterocycles. The molecule has 2 heterocycles. The molecule has 0 unspecified atom stereocenters. The molecular formula is C24H26N4O2S. The molecule has 160 valence electrons. The molecule has 0 aliphatic carbocycles. The maximum Gasteiger partial charge on any atom is 0.269 e. The summed E-state index contributed by atoms with van der Waals surface area (Å²) in [4.78, 5) is 9.67. The average Bonchev–Trinajstić information content (AvgIpc) is 3.05. The van der Waals surface area contributed by atoms with Crippen molar-refractivity contribution in [3.05, 3.63) is 71.9 Å². The fourth-order valence-corrected chi connectivity index (χ4v) is 4.96. The van der Waals surface area contributed by atoms with Gasteiger partial charge in [-0.1, -0.05) is 48.0 Å². The summed E-state index contributed by atoms with van der Waals surface area (Å²) < 4.78 is 28.4. The lowest BCUT2D eigenvalue weighted by Gasteiger charge is -2.22. The molecule has 2 aromatic heterocycles. The van der Waals surface area contributed by atoms with Crippen LogP contribution in [0, 0.1) is 13.8 Å². The van der Waals surface area contributed by atoms with Gasteiger partial charge in [0.1, 0.15) is 5.82 Å². The van der Waals surface area contributed by atoms with Crippen molar-refractivity contribution in [2.45, 2.75) is 45.1 Å². The van der Waals surface area contributed by atoms with E-state index in [1.807, 2.05) is 64.1 Å². The number of nitrogens with one attached hydrogen (secondary N) is 1. The zero-order chi connectivity index (χ0) is 22.4. The van der Waals surface area contributed by atoms with Gasteiger partial charge in [0.25, 0.3) is 10.0 Å². The van der Waals surface area contributed by atoms with Crippen LogP contribution in [0.15, 0.2) is 65.6 Å². The van der Waals surface area contributed by atoms with Crippen LogP contribution in [0.3, 0.4) is 0 Å². The monoisotopic (exact) mass is 434 g/mol. The highest BCUT2D eigenvalue weighted by Crippen LogP contribution is 2.32. The van der Waals surface area contributed by atoms with Crippen molar-refractivity contribution < 1.29 is 8.42 Å². The maximum atomic E-state index is 13.6. The Labute approximate surface area is 183 Å². The largest absolute Gasteiger partial charge is 0.365 e. The van der Waals surface area contributed by atoms with Gasteiger partial charge >= 0.3 is 0 Å². The quantitative estimate of drug-likeness (QED) is 0.480. The number of aryl methyl sites for hydroxylation is 2. The first-order valence-electron chi connectivity index (χ1n) is 10.1. The number of hydrogen-bond donors (Lipinski definition) is 1. The van der Waals surface area contributed by atoms with Gasteiger partial charge in [-0.05, 0) is 52.8 Å². The standard InChI is InChI=1S/C24H26N4O2S/c1-16-11-13-19(14-12-16)31(29,30)28-17(2)15-20-22(27-24(3,4)5)25-21(26-23(20)28)18-9-7-6-8-10-18/h6-15H,1-5H3,(H,25,26,27). The van der Waals surface area contributed by atoms with Gasteiger partial charge in [-0.2, -0.15) is 0 Å². The first-order chi connectivity index (χ1) is 14.6. The summed E-state index contributed by atoms with van der Waals surface area (Å²) >= 11 is 0. The van der Waals surface area contributed by atoms with E-state index in [1.165, 1.54) is 3.97 Å². The van der Waals surface area contributed by atoms with Crippen LogP contribution < -0.4 is 5.32 Å². The molecule has 0 atom stereocenters. The van der Waals surface area contributed by atoms with Gasteiger partial charge in [-0.3, -0.25) is 0 Å². The van der Waals surface area contributed by atoms with E-state index in [1.54, 1.807) is 31.2 Å². The first-order valence-corrected chi connectivity index (χ1v) is 11.6. The third kappa shape index (κ3) is 4.05. The third-order valence-electron chi connectivity index (χ3n) is 4.88. The molecule has 0 saturated carbocycles. The van der Waals surface area contributed by atoms with Crippen LogP contribution in [0.5, 0.6) is 0 Å². The number of fused-ring (bicyclic) bond motifs is 1. The average molecular weight is 435 g/mol. The second-order valence-electron chi connectivity index (χ2n) is 8.74. The molecule has 4 rings (SSSR count). The molecule has 31 heavy (non-hydrogen) atoms. The van der Waals surface area contributed by atoms with Crippen LogP contribution in [-0.2, 0) is 10.0 Å². The number of hydrogen-bond acceptors (Lipinski definition) is 5. The Kier molecular flexibility index (Phi) is 5.09. The molecular weight excluding hydrogens is 408 g/mol. The smallest absolute Gasteiger partial charge is 0.269 e. The molecule has 0 fully saturated rings. The van der Waals surface area contributed by atoms with Gasteiger partial charge in [-0.25, -0.2) is 22.4 Å². The first kappa shape index (κ1) is 21.1. The summed E-state index contributed by atoms with van der Waals surface area (Å²) in [6.45, 7) is 9.81. The Morgan fingerprint density at radius 3 is 2.16 bits per heavy atom. The van der Waals surface area contributed by atoms with E-state index < -0.39 is 10.0 Å². The van der Waals surface area contributed by atoms with Gasteiger partial charge in [0.15, 0.2) is 11.5 Å². The van der Waals surface area contributed by atoms with Gasteiger partial charge < -0.3 is 5.32 Å². The fraction of sp³-hybridized carbons (Fsp3) is 0.250. The minimum absolute atomic E-state index is 0.226. The predicted molar refractivity (Wildman–Crippen MR) is 125 cm³/mol. The lowest BCUT2D eigenvalue weighted by atomic mass is 10.1. The van der Waals surface area contributed by atoms with Crippen LogP contribution in [-0.4, -0.2) is 27.9 Å². The number of benzene rings is 2. The van der Waals surface area contributed by atoms with E-state index in [9.17, 15) is 8.42 Å². The second-order valence-corrected chi connectivity index (χ2v) is 10.5. The van der Waals surface area contributed by atoms with Crippen molar-refractivity contribution >= 4 is 26.9 Å². The van der Waals surface area contributed by atoms with Crippen molar-refractivity contribution in [1.82, 2.24) is 13.9 Å². The molecule has 0 aliphatic heterocycles. The molecule has 4 aromatic rings. The highest BCUT2D eigenvalue weighted by Gasteiger charge is 2.26. The summed E-state index contributed by atoms with van der Waals surface area (Å²) in [6, 6.07) is 18.2. The van der Waals surface area contributed by atoms with Crippen LogP contribution in [0.1, 0.15) is 32.0 Å². The number of anilines is 1. The van der Waals surface area contributed by atoms with Gasteiger partial charge in [0.05, 0.1) is 10.3 Å². The van der Waals surface area contributed by atoms with Gasteiger partial charge in [-0.15, -0.1) is 0 Å². The molecule has 0 radical (unpaired) electrons. The number of aromatic nitrogens is 3. The molecule has 6 nitrogen and oxygen atoms in total. The Hall–Kier alpha value is -3.19. The van der Waals surface area contributed by atoms with Crippen molar-refractivity contribution in [3.63, 3.8) is 0 Å². The van der Waals surface area contributed by atoms with Gasteiger partial charge in [0, 0.05) is 16.8 Å². The Bertz CT molecular complexity index is 1350. The third-order valence-corrected chi connectivity index (χ3v) is 6.69. The summed E-state index contributed by atoms with van der Waals surface area (Å²) in [5.41, 5.74) is 2.49. The lowest BCUT2D eigenvalue weighted by Crippen LogP contribution is -2.27. The molecule has 1 N–H and O–H groups in total. The van der Waals surface area contributed by atoms with Crippen molar-refractivity contribution in [1.29, 1.82) is 0 Å². The Morgan fingerprint density at radius 2 is 1.55 bits per heavy atom. The molecule has 0 bridgehead atoms. The Morgan fingerprint density at radius 1 is 0.903 bits per heavy atom. The van der Waals surface area contributed by atoms with Crippen LogP contribution in [0.25, 0.3) is 22.4 Å². The topological polar surface area (TPSA) is 76.9 Å². The summed E-state index contributed by atoms with van der Waals surface area (Å²) in [5.74, 6) is 1.08. The minimum atomic E-state index is -3.83. The van der Waals surface area contributed by atoms with Crippen molar-refractivity contribution in [2.24, 2.45) is 0 Å². The zero-order valence-electron chi connectivity index (χ0n) is 18.3. The molecule has 0 amide bonds. The summed E-state index contributed by atoms with van der Waals surface area (Å²) in [5, 5.41) is 4.08. The van der Waals surface area contributed by atoms with Crippen LogP contribution in [0.4, 0.5) is 5.82 Å². The highest BCUT2D eigenvalue weighted by molar-refractivity contribution is 7.90. The van der Waals surface area contributed by atoms with Gasteiger partial charge in [0.2, 0.25) is 0 Å². The molecule has 0 spiro atoms.